The van der Waals surface area contributed by atoms with Gasteiger partial charge in [0.1, 0.15) is 0 Å². The average molecular weight is 242 g/mol. The molecule has 1 N–H and O–H groups in total. The van der Waals surface area contributed by atoms with Crippen LogP contribution in [0.4, 0.5) is 0 Å². The lowest BCUT2D eigenvalue weighted by molar-refractivity contribution is 0.641. The topological polar surface area (TPSA) is 24.9 Å². The van der Waals surface area contributed by atoms with Crippen molar-refractivity contribution in [2.75, 3.05) is 6.54 Å². The first-order valence-corrected chi connectivity index (χ1v) is 6.79. The third kappa shape index (κ3) is 2.70. The molecule has 0 fully saturated rings. The number of hydrogen-bond acceptors (Lipinski definition) is 2. The van der Waals surface area contributed by atoms with Crippen molar-refractivity contribution in [3.05, 3.63) is 41.1 Å². The Morgan fingerprint density at radius 2 is 1.94 bits per heavy atom. The zero-order chi connectivity index (χ0) is 13.0. The number of benzene rings is 1. The molecule has 0 amide bonds. The molecule has 2 rings (SSSR count). The Morgan fingerprint density at radius 1 is 1.17 bits per heavy atom. The van der Waals surface area contributed by atoms with Crippen LogP contribution >= 0.6 is 0 Å². The van der Waals surface area contributed by atoms with Gasteiger partial charge in [-0.25, -0.2) is 0 Å². The molecule has 2 nitrogen and oxygen atoms in total. The van der Waals surface area contributed by atoms with E-state index in [9.17, 15) is 0 Å². The van der Waals surface area contributed by atoms with Crippen LogP contribution in [-0.4, -0.2) is 11.5 Å². The quantitative estimate of drug-likeness (QED) is 0.808. The van der Waals surface area contributed by atoms with Gasteiger partial charge in [-0.3, -0.25) is 4.98 Å². The van der Waals surface area contributed by atoms with Crippen molar-refractivity contribution in [3.8, 4) is 0 Å². The van der Waals surface area contributed by atoms with E-state index >= 15 is 0 Å². The highest BCUT2D eigenvalue weighted by molar-refractivity contribution is 5.83. The highest BCUT2D eigenvalue weighted by Crippen LogP contribution is 2.22. The van der Waals surface area contributed by atoms with Gasteiger partial charge in [0.25, 0.3) is 0 Å². The largest absolute Gasteiger partial charge is 0.313 e. The summed E-state index contributed by atoms with van der Waals surface area (Å²) < 4.78 is 0. The number of para-hydroxylation sites is 1. The molecule has 18 heavy (non-hydrogen) atoms. The molecule has 2 heteroatoms. The zero-order valence-corrected chi connectivity index (χ0v) is 11.6. The summed E-state index contributed by atoms with van der Waals surface area (Å²) in [6, 6.07) is 8.41. The first kappa shape index (κ1) is 13.0. The second-order valence-corrected chi connectivity index (χ2v) is 4.85. The minimum atomic E-state index is 0.940. The van der Waals surface area contributed by atoms with Gasteiger partial charge in [0.15, 0.2) is 0 Å². The third-order valence-electron chi connectivity index (χ3n) is 3.52. The van der Waals surface area contributed by atoms with Crippen LogP contribution in [0.15, 0.2) is 24.3 Å². The summed E-state index contributed by atoms with van der Waals surface area (Å²) in [6.07, 6.45) is 2.48. The highest BCUT2D eigenvalue weighted by atomic mass is 14.8. The molecule has 0 saturated carbocycles. The van der Waals surface area contributed by atoms with E-state index in [0.29, 0.717) is 0 Å². The molecule has 0 saturated heterocycles. The fourth-order valence-corrected chi connectivity index (χ4v) is 2.25. The highest BCUT2D eigenvalue weighted by Gasteiger charge is 2.08. The van der Waals surface area contributed by atoms with Gasteiger partial charge in [0, 0.05) is 17.6 Å². The molecule has 1 aromatic heterocycles. The van der Waals surface area contributed by atoms with Crippen LogP contribution in [-0.2, 0) is 6.54 Å². The van der Waals surface area contributed by atoms with Crippen molar-refractivity contribution < 1.29 is 0 Å². The number of hydrogen-bond donors (Lipinski definition) is 1. The molecular formula is C16H22N2. The first-order chi connectivity index (χ1) is 8.74. The van der Waals surface area contributed by atoms with E-state index < -0.39 is 0 Å². The molecule has 1 aromatic carbocycles. The first-order valence-electron chi connectivity index (χ1n) is 6.79. The van der Waals surface area contributed by atoms with Crippen LogP contribution in [0.2, 0.25) is 0 Å². The summed E-state index contributed by atoms with van der Waals surface area (Å²) in [5, 5.41) is 4.82. The van der Waals surface area contributed by atoms with Crippen LogP contribution in [0.3, 0.4) is 0 Å². The summed E-state index contributed by atoms with van der Waals surface area (Å²) in [5.74, 6) is 0. The minimum Gasteiger partial charge on any atom is -0.313 e. The van der Waals surface area contributed by atoms with Gasteiger partial charge < -0.3 is 5.32 Å². The van der Waals surface area contributed by atoms with Crippen molar-refractivity contribution in [3.63, 3.8) is 0 Å². The van der Waals surface area contributed by atoms with Crippen molar-refractivity contribution in [2.45, 2.75) is 40.2 Å². The zero-order valence-electron chi connectivity index (χ0n) is 11.6. The maximum atomic E-state index is 4.65. The lowest BCUT2D eigenvalue weighted by Crippen LogP contribution is -2.16. The van der Waals surface area contributed by atoms with Crippen molar-refractivity contribution in [1.29, 1.82) is 0 Å². The second-order valence-electron chi connectivity index (χ2n) is 4.85. The Balaban J connectivity index is 2.31. The Labute approximate surface area is 109 Å². The van der Waals surface area contributed by atoms with E-state index in [1.54, 1.807) is 0 Å². The normalized spacial score (nSPS) is 11.1. The van der Waals surface area contributed by atoms with E-state index in [4.69, 9.17) is 0 Å². The lowest BCUT2D eigenvalue weighted by Gasteiger charge is -2.13. The number of pyridine rings is 1. The molecule has 0 aliphatic rings. The predicted molar refractivity (Wildman–Crippen MR) is 77.8 cm³/mol. The Bertz CT molecular complexity index is 532. The van der Waals surface area contributed by atoms with Gasteiger partial charge in [-0.1, -0.05) is 31.5 Å². The fourth-order valence-electron chi connectivity index (χ4n) is 2.25. The molecule has 2 aromatic rings. The van der Waals surface area contributed by atoms with E-state index in [2.05, 4.69) is 55.3 Å². The van der Waals surface area contributed by atoms with Crippen LogP contribution in [0.1, 0.15) is 36.6 Å². The van der Waals surface area contributed by atoms with Crippen LogP contribution < -0.4 is 5.32 Å². The number of aryl methyl sites for hydroxylation is 1. The Hall–Kier alpha value is -1.41. The van der Waals surface area contributed by atoms with Crippen molar-refractivity contribution >= 4 is 10.9 Å². The Kier molecular flexibility index (Phi) is 4.32. The van der Waals surface area contributed by atoms with E-state index in [-0.39, 0.29) is 0 Å². The molecule has 0 aliphatic carbocycles. The number of unbranched alkanes of at least 4 members (excludes halogenated alkanes) is 1. The maximum Gasteiger partial charge on any atom is 0.0708 e. The van der Waals surface area contributed by atoms with Gasteiger partial charge in [-0.2, -0.15) is 0 Å². The van der Waals surface area contributed by atoms with Gasteiger partial charge in [-0.05, 0) is 44.0 Å². The number of rotatable bonds is 5. The maximum absolute atomic E-state index is 4.65. The fraction of sp³-hybridized carbons (Fsp3) is 0.438. The van der Waals surface area contributed by atoms with Crippen LogP contribution in [0.5, 0.6) is 0 Å². The molecular weight excluding hydrogens is 220 g/mol. The molecule has 0 bridgehead atoms. The number of aromatic nitrogens is 1. The summed E-state index contributed by atoms with van der Waals surface area (Å²) >= 11 is 0. The smallest absolute Gasteiger partial charge is 0.0708 e. The lowest BCUT2D eigenvalue weighted by atomic mass is 10.0. The number of nitrogens with one attached hydrogen (secondary N) is 1. The summed E-state index contributed by atoms with van der Waals surface area (Å²) in [7, 11) is 0. The standard InChI is InChI=1S/C16H22N2/c1-4-5-10-17-11-15-12(2)13(3)18-16-9-7-6-8-14(15)16/h6-9,17H,4-5,10-11H2,1-3H3. The van der Waals surface area contributed by atoms with E-state index in [1.807, 2.05) is 0 Å². The minimum absolute atomic E-state index is 0.940. The molecule has 1 heterocycles. The van der Waals surface area contributed by atoms with Crippen molar-refractivity contribution in [1.82, 2.24) is 10.3 Å². The summed E-state index contributed by atoms with van der Waals surface area (Å²) in [5.41, 5.74) is 4.96. The molecule has 0 spiro atoms. The van der Waals surface area contributed by atoms with E-state index in [0.717, 1.165) is 24.3 Å². The van der Waals surface area contributed by atoms with Crippen molar-refractivity contribution in [2.24, 2.45) is 0 Å². The van der Waals surface area contributed by atoms with Crippen LogP contribution in [0.25, 0.3) is 10.9 Å². The van der Waals surface area contributed by atoms with Gasteiger partial charge in [0.2, 0.25) is 0 Å². The number of fused-ring (bicyclic) bond motifs is 1. The second kappa shape index (κ2) is 5.96. The predicted octanol–water partition coefficient (Wildman–Crippen LogP) is 3.74. The summed E-state index contributed by atoms with van der Waals surface area (Å²) in [6.45, 7) is 8.52. The van der Waals surface area contributed by atoms with Gasteiger partial charge >= 0.3 is 0 Å². The molecule has 0 radical (unpaired) electrons. The Morgan fingerprint density at radius 3 is 2.72 bits per heavy atom. The molecule has 0 aliphatic heterocycles. The average Bonchev–Trinajstić information content (AvgIpc) is 2.38. The third-order valence-corrected chi connectivity index (χ3v) is 3.52. The van der Waals surface area contributed by atoms with E-state index in [1.165, 1.54) is 29.4 Å². The molecule has 0 atom stereocenters. The van der Waals surface area contributed by atoms with Crippen LogP contribution in [0, 0.1) is 13.8 Å². The SMILES string of the molecule is CCCCNCc1c(C)c(C)nc2ccccc12. The molecule has 0 unspecified atom stereocenters. The monoisotopic (exact) mass is 242 g/mol. The van der Waals surface area contributed by atoms with Gasteiger partial charge in [0.05, 0.1) is 5.52 Å². The molecule has 96 valence electrons. The van der Waals surface area contributed by atoms with Gasteiger partial charge in [-0.15, -0.1) is 0 Å². The summed E-state index contributed by atoms with van der Waals surface area (Å²) in [4.78, 5) is 4.65. The number of nitrogens with zero attached hydrogens (tertiary/aromatic N) is 1.